The third-order valence-electron chi connectivity index (χ3n) is 7.70. The third kappa shape index (κ3) is 7.90. The van der Waals surface area contributed by atoms with Crippen LogP contribution in [0.15, 0.2) is 121 Å². The number of benzene rings is 4. The smallest absolute Gasteiger partial charge is 0.338 e. The van der Waals surface area contributed by atoms with Crippen molar-refractivity contribution in [3.63, 3.8) is 0 Å². The summed E-state index contributed by atoms with van der Waals surface area (Å²) in [6, 6.07) is 33.0. The maximum absolute atomic E-state index is 13.6. The van der Waals surface area contributed by atoms with E-state index >= 15 is 0 Å². The molecular weight excluding hydrogens is 620 g/mol. The molecule has 1 heterocycles. The van der Waals surface area contributed by atoms with Gasteiger partial charge in [0, 0.05) is 0 Å². The number of rotatable bonds is 10. The molecule has 47 heavy (non-hydrogen) atoms. The van der Waals surface area contributed by atoms with E-state index in [2.05, 4.69) is 0 Å². The van der Waals surface area contributed by atoms with Crippen LogP contribution < -0.4 is 0 Å². The largest absolute Gasteiger partial charge is 0.459 e. The van der Waals surface area contributed by atoms with Gasteiger partial charge in [-0.15, -0.1) is 12.6 Å². The Morgan fingerprint density at radius 3 is 1.36 bits per heavy atom. The first-order valence-corrected chi connectivity index (χ1v) is 15.5. The molecule has 1 fully saturated rings. The molecule has 0 aromatic heterocycles. The molecule has 9 nitrogen and oxygen atoms in total. The molecule has 0 bridgehead atoms. The summed E-state index contributed by atoms with van der Waals surface area (Å²) in [5, 5.41) is 0. The molecule has 0 N–H and O–H groups in total. The van der Waals surface area contributed by atoms with Crippen molar-refractivity contribution in [2.75, 3.05) is 6.61 Å². The zero-order valence-electron chi connectivity index (χ0n) is 25.8. The van der Waals surface area contributed by atoms with Crippen molar-refractivity contribution in [2.45, 2.75) is 43.2 Å². The fraction of sp³-hybridized carbons (Fsp3) is 0.243. The first kappa shape index (κ1) is 33.4. The van der Waals surface area contributed by atoms with Gasteiger partial charge in [-0.3, -0.25) is 0 Å². The van der Waals surface area contributed by atoms with Gasteiger partial charge < -0.3 is 23.7 Å². The highest BCUT2D eigenvalue weighted by molar-refractivity contribution is 7.81. The highest BCUT2D eigenvalue weighted by atomic mass is 32.1. The van der Waals surface area contributed by atoms with E-state index in [4.69, 9.17) is 36.3 Å². The van der Waals surface area contributed by atoms with Crippen LogP contribution >= 0.6 is 12.6 Å². The zero-order chi connectivity index (χ0) is 33.4. The lowest BCUT2D eigenvalue weighted by molar-refractivity contribution is -0.250. The Morgan fingerprint density at radius 1 is 0.596 bits per heavy atom. The van der Waals surface area contributed by atoms with Crippen molar-refractivity contribution < 1.29 is 42.9 Å². The molecule has 1 aliphatic rings. The third-order valence-corrected chi connectivity index (χ3v) is 8.58. The van der Waals surface area contributed by atoms with Crippen LogP contribution in [0.25, 0.3) is 0 Å². The molecule has 4 aromatic rings. The molecule has 0 radical (unpaired) electrons. The lowest BCUT2D eigenvalue weighted by Gasteiger charge is -2.51. The monoisotopic (exact) mass is 654 g/mol. The van der Waals surface area contributed by atoms with Crippen LogP contribution in [0.5, 0.6) is 0 Å². The van der Waals surface area contributed by atoms with Crippen molar-refractivity contribution in [1.29, 1.82) is 0 Å². The maximum atomic E-state index is 13.6. The van der Waals surface area contributed by atoms with Crippen LogP contribution in [-0.2, 0) is 23.7 Å². The summed E-state index contributed by atoms with van der Waals surface area (Å²) in [6.07, 6.45) is -5.44. The summed E-state index contributed by atoms with van der Waals surface area (Å²) in [5.74, 6) is -3.37. The average Bonchev–Trinajstić information content (AvgIpc) is 3.11. The van der Waals surface area contributed by atoms with Crippen molar-refractivity contribution in [1.82, 2.24) is 0 Å². The Kier molecular flexibility index (Phi) is 10.7. The average molecular weight is 655 g/mol. The number of hydrogen-bond acceptors (Lipinski definition) is 10. The van der Waals surface area contributed by atoms with Gasteiger partial charge in [0.2, 0.25) is 0 Å². The quantitative estimate of drug-likeness (QED) is 0.121. The van der Waals surface area contributed by atoms with Crippen LogP contribution in [0.3, 0.4) is 0 Å². The van der Waals surface area contributed by atoms with Crippen molar-refractivity contribution in [3.8, 4) is 0 Å². The summed E-state index contributed by atoms with van der Waals surface area (Å²) in [7, 11) is 0. The molecule has 0 amide bonds. The summed E-state index contributed by atoms with van der Waals surface area (Å²) >= 11 is 4.90. The van der Waals surface area contributed by atoms with Crippen molar-refractivity contribution in [2.24, 2.45) is 5.92 Å². The second-order valence-corrected chi connectivity index (χ2v) is 11.9. The van der Waals surface area contributed by atoms with E-state index in [1.54, 1.807) is 135 Å². The molecule has 10 heteroatoms. The van der Waals surface area contributed by atoms with Gasteiger partial charge in [-0.05, 0) is 54.4 Å². The number of carbonyl (C=O) groups excluding carboxylic acids is 4. The standard InChI is InChI=1S/C37H34O9S/c1-24(2)37(47)32(45-36(41)28-21-13-6-14-22-28)31(44-35(40)27-19-11-5-12-20-27)30(43-34(39)26-17-9-4-10-18-26)29(46-37)23-42-33(38)25-15-7-3-8-16-25/h3-22,24,29-32,47H,23H2,1-2H3/t29-,30+,31+,32-,37-/m1/s1. The number of ether oxygens (including phenoxy) is 5. The second kappa shape index (κ2) is 15.1. The molecule has 1 saturated heterocycles. The van der Waals surface area contributed by atoms with Gasteiger partial charge in [0.25, 0.3) is 0 Å². The topological polar surface area (TPSA) is 114 Å². The van der Waals surface area contributed by atoms with Gasteiger partial charge >= 0.3 is 23.9 Å². The summed E-state index contributed by atoms with van der Waals surface area (Å²) in [6.45, 7) is 3.17. The highest BCUT2D eigenvalue weighted by Gasteiger charge is 2.60. The second-order valence-electron chi connectivity index (χ2n) is 11.2. The summed E-state index contributed by atoms with van der Waals surface area (Å²) in [5.41, 5.74) is 0.951. The minimum absolute atomic E-state index is 0.210. The Labute approximate surface area is 278 Å². The summed E-state index contributed by atoms with van der Waals surface area (Å²) < 4.78 is 30.3. The fourth-order valence-corrected chi connectivity index (χ4v) is 5.45. The van der Waals surface area contributed by atoms with Crippen molar-refractivity contribution >= 4 is 36.5 Å². The Morgan fingerprint density at radius 2 is 0.957 bits per heavy atom. The molecule has 5 rings (SSSR count). The summed E-state index contributed by atoms with van der Waals surface area (Å²) in [4.78, 5) is 52.0. The molecule has 5 atom stereocenters. The Balaban J connectivity index is 1.57. The molecule has 242 valence electrons. The minimum Gasteiger partial charge on any atom is -0.459 e. The molecule has 4 aromatic carbocycles. The lowest BCUT2D eigenvalue weighted by Crippen LogP contribution is -2.67. The van der Waals surface area contributed by atoms with Gasteiger partial charge in [-0.25, -0.2) is 19.2 Å². The molecule has 1 aliphatic heterocycles. The maximum Gasteiger partial charge on any atom is 0.338 e. The van der Waals surface area contributed by atoms with E-state index in [0.717, 1.165) is 0 Å². The van der Waals surface area contributed by atoms with E-state index in [0.29, 0.717) is 5.56 Å². The first-order chi connectivity index (χ1) is 22.7. The molecular formula is C37H34O9S. The number of carbonyl (C=O) groups is 4. The van der Waals surface area contributed by atoms with Gasteiger partial charge in [-0.2, -0.15) is 0 Å². The highest BCUT2D eigenvalue weighted by Crippen LogP contribution is 2.43. The van der Waals surface area contributed by atoms with E-state index in [9.17, 15) is 19.2 Å². The van der Waals surface area contributed by atoms with Crippen molar-refractivity contribution in [3.05, 3.63) is 144 Å². The number of thiol groups is 1. The minimum atomic E-state index is -1.61. The normalized spacial score (nSPS) is 22.1. The Hall–Kier alpha value is -4.93. The van der Waals surface area contributed by atoms with E-state index in [-0.39, 0.29) is 16.7 Å². The van der Waals surface area contributed by atoms with E-state index < -0.39 is 65.8 Å². The SMILES string of the molecule is CC(C)[C@]1(S)O[C@H](COC(=O)c2ccccc2)[C@H](OC(=O)c2ccccc2)[C@H](OC(=O)c2ccccc2)[C@H]1OC(=O)c1ccccc1. The molecule has 0 saturated carbocycles. The predicted molar refractivity (Wildman–Crippen MR) is 175 cm³/mol. The number of hydrogen-bond donors (Lipinski definition) is 1. The van der Waals surface area contributed by atoms with Crippen LogP contribution in [0, 0.1) is 5.92 Å². The van der Waals surface area contributed by atoms with Crippen LogP contribution in [0.2, 0.25) is 0 Å². The van der Waals surface area contributed by atoms with Gasteiger partial charge in [0.15, 0.2) is 23.2 Å². The predicted octanol–water partition coefficient (Wildman–Crippen LogP) is 6.20. The Bertz CT molecular complexity index is 1670. The first-order valence-electron chi connectivity index (χ1n) is 15.1. The molecule has 0 aliphatic carbocycles. The lowest BCUT2D eigenvalue weighted by atomic mass is 9.87. The van der Waals surface area contributed by atoms with Gasteiger partial charge in [0.1, 0.15) is 12.7 Å². The molecule has 0 spiro atoms. The van der Waals surface area contributed by atoms with E-state index in [1.807, 2.05) is 0 Å². The fourth-order valence-electron chi connectivity index (χ4n) is 5.12. The van der Waals surface area contributed by atoms with Crippen LogP contribution in [0.4, 0.5) is 0 Å². The van der Waals surface area contributed by atoms with Gasteiger partial charge in [-0.1, -0.05) is 86.6 Å². The van der Waals surface area contributed by atoms with Crippen LogP contribution in [-0.4, -0.2) is 59.8 Å². The zero-order valence-corrected chi connectivity index (χ0v) is 26.7. The molecule has 0 unspecified atom stereocenters. The van der Waals surface area contributed by atoms with Gasteiger partial charge in [0.05, 0.1) is 22.3 Å². The number of esters is 4. The van der Waals surface area contributed by atoms with Crippen LogP contribution in [0.1, 0.15) is 55.3 Å². The van der Waals surface area contributed by atoms with E-state index in [1.165, 1.54) is 0 Å².